The molecule has 1 saturated carbocycles. The number of hydrogen-bond donors (Lipinski definition) is 3. The number of hydrogen-bond acceptors (Lipinski definition) is 3. The van der Waals surface area contributed by atoms with Crippen molar-refractivity contribution < 1.29 is 14.7 Å². The normalized spacial score (nSPS) is 21.4. The molecule has 0 bridgehead atoms. The molecule has 2 rings (SSSR count). The Balaban J connectivity index is 2.01. The maximum absolute atomic E-state index is 11.9. The van der Waals surface area contributed by atoms with E-state index in [1.54, 1.807) is 0 Å². The smallest absolute Gasteiger partial charge is 0.307 e. The minimum Gasteiger partial charge on any atom is -0.481 e. The number of carboxylic acid groups (broad SMARTS) is 1. The Bertz CT molecular complexity index is 473. The van der Waals surface area contributed by atoms with Crippen molar-refractivity contribution in [3.8, 4) is 0 Å². The molecule has 0 spiro atoms. The van der Waals surface area contributed by atoms with E-state index in [4.69, 9.17) is 5.11 Å². The van der Waals surface area contributed by atoms with Crippen LogP contribution in [-0.2, 0) is 16.1 Å². The van der Waals surface area contributed by atoms with Crippen LogP contribution < -0.4 is 10.6 Å². The lowest BCUT2D eigenvalue weighted by Crippen LogP contribution is -2.18. The van der Waals surface area contributed by atoms with Crippen molar-refractivity contribution in [1.82, 2.24) is 5.32 Å². The molecule has 18 heavy (non-hydrogen) atoms. The van der Waals surface area contributed by atoms with Gasteiger partial charge in [0, 0.05) is 12.2 Å². The lowest BCUT2D eigenvalue weighted by molar-refractivity contribution is -0.139. The van der Waals surface area contributed by atoms with E-state index in [-0.39, 0.29) is 11.8 Å². The molecule has 0 heterocycles. The van der Waals surface area contributed by atoms with E-state index >= 15 is 0 Å². The molecule has 1 aromatic carbocycles. The SMILES string of the molecule is CNCc1ccccc1NC(=O)[C@@H]1C[C@@H]1C(=O)O. The predicted molar refractivity (Wildman–Crippen MR) is 67.1 cm³/mol. The molecule has 0 unspecified atom stereocenters. The zero-order valence-corrected chi connectivity index (χ0v) is 10.1. The van der Waals surface area contributed by atoms with Gasteiger partial charge in [-0.25, -0.2) is 0 Å². The summed E-state index contributed by atoms with van der Waals surface area (Å²) in [6.45, 7) is 0.656. The van der Waals surface area contributed by atoms with E-state index < -0.39 is 11.9 Å². The molecule has 1 aliphatic carbocycles. The van der Waals surface area contributed by atoms with Crippen LogP contribution in [0.1, 0.15) is 12.0 Å². The molecule has 1 amide bonds. The Morgan fingerprint density at radius 3 is 2.67 bits per heavy atom. The number of carbonyl (C=O) groups excluding carboxylic acids is 1. The molecule has 1 fully saturated rings. The van der Waals surface area contributed by atoms with Crippen LogP contribution in [0, 0.1) is 11.8 Å². The van der Waals surface area contributed by atoms with Crippen LogP contribution in [0.4, 0.5) is 5.69 Å². The van der Waals surface area contributed by atoms with Crippen LogP contribution in [0.5, 0.6) is 0 Å². The van der Waals surface area contributed by atoms with Gasteiger partial charge in [0.25, 0.3) is 0 Å². The van der Waals surface area contributed by atoms with Gasteiger partial charge in [0.1, 0.15) is 0 Å². The molecular formula is C13H16N2O3. The number of para-hydroxylation sites is 1. The molecule has 1 aromatic rings. The highest BCUT2D eigenvalue weighted by Gasteiger charge is 2.48. The second kappa shape index (κ2) is 5.18. The summed E-state index contributed by atoms with van der Waals surface area (Å²) in [6, 6.07) is 7.49. The summed E-state index contributed by atoms with van der Waals surface area (Å²) in [5, 5.41) is 14.6. The van der Waals surface area contributed by atoms with Gasteiger partial charge in [-0.2, -0.15) is 0 Å². The minimum atomic E-state index is -0.890. The highest BCUT2D eigenvalue weighted by molar-refractivity contribution is 5.98. The number of carbonyl (C=O) groups is 2. The second-order valence-corrected chi connectivity index (χ2v) is 4.46. The molecule has 0 radical (unpaired) electrons. The fourth-order valence-electron chi connectivity index (χ4n) is 1.97. The summed E-state index contributed by atoms with van der Waals surface area (Å²) >= 11 is 0. The molecule has 0 aromatic heterocycles. The van der Waals surface area contributed by atoms with E-state index in [0.717, 1.165) is 11.3 Å². The van der Waals surface area contributed by atoms with Crippen LogP contribution in [-0.4, -0.2) is 24.0 Å². The van der Waals surface area contributed by atoms with Crippen molar-refractivity contribution in [2.24, 2.45) is 11.8 Å². The van der Waals surface area contributed by atoms with Gasteiger partial charge in [0.15, 0.2) is 0 Å². The number of carboxylic acids is 1. The average molecular weight is 248 g/mol. The highest BCUT2D eigenvalue weighted by Crippen LogP contribution is 2.39. The van der Waals surface area contributed by atoms with Crippen molar-refractivity contribution in [2.45, 2.75) is 13.0 Å². The van der Waals surface area contributed by atoms with Crippen LogP contribution in [0.25, 0.3) is 0 Å². The number of benzene rings is 1. The Labute approximate surface area is 105 Å². The van der Waals surface area contributed by atoms with Crippen molar-refractivity contribution in [3.63, 3.8) is 0 Å². The summed E-state index contributed by atoms with van der Waals surface area (Å²) in [5.74, 6) is -1.99. The van der Waals surface area contributed by atoms with E-state index in [0.29, 0.717) is 13.0 Å². The lowest BCUT2D eigenvalue weighted by atomic mass is 10.1. The zero-order valence-electron chi connectivity index (χ0n) is 10.1. The van der Waals surface area contributed by atoms with Gasteiger partial charge in [-0.3, -0.25) is 9.59 Å². The molecule has 3 N–H and O–H groups in total. The highest BCUT2D eigenvalue weighted by atomic mass is 16.4. The van der Waals surface area contributed by atoms with Gasteiger partial charge < -0.3 is 15.7 Å². The van der Waals surface area contributed by atoms with E-state index in [1.165, 1.54) is 0 Å². The maximum Gasteiger partial charge on any atom is 0.307 e. The Morgan fingerprint density at radius 2 is 2.06 bits per heavy atom. The van der Waals surface area contributed by atoms with E-state index in [2.05, 4.69) is 10.6 Å². The van der Waals surface area contributed by atoms with Crippen molar-refractivity contribution in [2.75, 3.05) is 12.4 Å². The molecule has 0 aliphatic heterocycles. The number of anilines is 1. The summed E-state index contributed by atoms with van der Waals surface area (Å²) in [5.41, 5.74) is 1.73. The average Bonchev–Trinajstić information content (AvgIpc) is 3.12. The number of amides is 1. The molecule has 96 valence electrons. The molecule has 5 heteroatoms. The third kappa shape index (κ3) is 2.68. The first-order valence-electron chi connectivity index (χ1n) is 5.89. The first kappa shape index (κ1) is 12.6. The fraction of sp³-hybridized carbons (Fsp3) is 0.385. The third-order valence-corrected chi connectivity index (χ3v) is 3.09. The summed E-state index contributed by atoms with van der Waals surface area (Å²) in [4.78, 5) is 22.6. The second-order valence-electron chi connectivity index (χ2n) is 4.46. The summed E-state index contributed by atoms with van der Waals surface area (Å²) in [6.07, 6.45) is 0.440. The first-order valence-corrected chi connectivity index (χ1v) is 5.89. The number of rotatable bonds is 5. The van der Waals surface area contributed by atoms with Gasteiger partial charge in [-0.05, 0) is 25.1 Å². The van der Waals surface area contributed by atoms with Crippen molar-refractivity contribution in [3.05, 3.63) is 29.8 Å². The fourth-order valence-corrected chi connectivity index (χ4v) is 1.97. The standard InChI is InChI=1S/C13H16N2O3/c1-14-7-8-4-2-3-5-11(8)15-12(16)9-6-10(9)13(17)18/h2-5,9-10,14H,6-7H2,1H3,(H,15,16)(H,17,18)/t9-,10+/m1/s1. The molecule has 2 atom stereocenters. The van der Waals surface area contributed by atoms with Gasteiger partial charge in [0.2, 0.25) is 5.91 Å². The first-order chi connectivity index (χ1) is 8.63. The van der Waals surface area contributed by atoms with Crippen LogP contribution >= 0.6 is 0 Å². The number of aliphatic carboxylic acids is 1. The molecule has 5 nitrogen and oxygen atoms in total. The van der Waals surface area contributed by atoms with Gasteiger partial charge in [-0.15, -0.1) is 0 Å². The topological polar surface area (TPSA) is 78.4 Å². The van der Waals surface area contributed by atoms with Crippen LogP contribution in [0.15, 0.2) is 24.3 Å². The Morgan fingerprint density at radius 1 is 1.33 bits per heavy atom. The van der Waals surface area contributed by atoms with Crippen LogP contribution in [0.3, 0.4) is 0 Å². The van der Waals surface area contributed by atoms with E-state index in [1.807, 2.05) is 31.3 Å². The zero-order chi connectivity index (χ0) is 13.1. The third-order valence-electron chi connectivity index (χ3n) is 3.09. The Hall–Kier alpha value is -1.88. The maximum atomic E-state index is 11.9. The Kier molecular flexibility index (Phi) is 3.62. The van der Waals surface area contributed by atoms with Crippen molar-refractivity contribution in [1.29, 1.82) is 0 Å². The monoisotopic (exact) mass is 248 g/mol. The van der Waals surface area contributed by atoms with Crippen molar-refractivity contribution >= 4 is 17.6 Å². The minimum absolute atomic E-state index is 0.203. The number of nitrogens with one attached hydrogen (secondary N) is 2. The quantitative estimate of drug-likeness (QED) is 0.728. The predicted octanol–water partition coefficient (Wildman–Crippen LogP) is 1.07. The van der Waals surface area contributed by atoms with Gasteiger partial charge >= 0.3 is 5.97 Å². The van der Waals surface area contributed by atoms with Gasteiger partial charge in [-0.1, -0.05) is 18.2 Å². The lowest BCUT2D eigenvalue weighted by Gasteiger charge is -2.10. The molecular weight excluding hydrogens is 232 g/mol. The van der Waals surface area contributed by atoms with Gasteiger partial charge in [0.05, 0.1) is 11.8 Å². The molecule has 0 saturated heterocycles. The largest absolute Gasteiger partial charge is 0.481 e. The summed E-state index contributed by atoms with van der Waals surface area (Å²) < 4.78 is 0. The van der Waals surface area contributed by atoms with Crippen LogP contribution in [0.2, 0.25) is 0 Å². The van der Waals surface area contributed by atoms with E-state index in [9.17, 15) is 9.59 Å². The molecule has 1 aliphatic rings. The summed E-state index contributed by atoms with van der Waals surface area (Å²) in [7, 11) is 1.83.